The number of aromatic nitrogens is 1. The molecule has 3 heterocycles. The molecular weight excluding hydrogens is 292 g/mol. The minimum atomic E-state index is -0.737. The van der Waals surface area contributed by atoms with Crippen LogP contribution in [0.4, 0.5) is 17.3 Å². The van der Waals surface area contributed by atoms with Crippen molar-refractivity contribution in [2.45, 2.75) is 39.2 Å². The van der Waals surface area contributed by atoms with Gasteiger partial charge in [-0.05, 0) is 44.2 Å². The summed E-state index contributed by atoms with van der Waals surface area (Å²) in [6.07, 6.45) is 2.23. The molecule has 1 aromatic rings. The Morgan fingerprint density at radius 2 is 2.26 bits per heavy atom. The minimum absolute atomic E-state index is 0.182. The highest BCUT2D eigenvalue weighted by molar-refractivity contribution is 5.74. The van der Waals surface area contributed by atoms with Gasteiger partial charge < -0.3 is 14.9 Å². The topological polar surface area (TPSA) is 61.0 Å². The molecule has 6 nitrogen and oxygen atoms in total. The van der Waals surface area contributed by atoms with E-state index >= 15 is 0 Å². The molecule has 2 atom stereocenters. The molecule has 6 heteroatoms. The van der Waals surface area contributed by atoms with E-state index in [0.29, 0.717) is 11.7 Å². The lowest BCUT2D eigenvalue weighted by Gasteiger charge is -2.41. The number of pyridine rings is 1. The molecular formula is C17H22N4O2. The number of anilines is 2. The molecule has 0 bridgehead atoms. The first-order chi connectivity index (χ1) is 11.0. The zero-order valence-electron chi connectivity index (χ0n) is 13.6. The first-order valence-corrected chi connectivity index (χ1v) is 8.12. The van der Waals surface area contributed by atoms with Crippen LogP contribution in [0.25, 0.3) is 4.85 Å². The Morgan fingerprint density at radius 3 is 2.83 bits per heavy atom. The molecule has 2 aliphatic heterocycles. The van der Waals surface area contributed by atoms with Gasteiger partial charge in [0.25, 0.3) is 0 Å². The highest BCUT2D eigenvalue weighted by Crippen LogP contribution is 2.38. The molecule has 0 saturated carbocycles. The van der Waals surface area contributed by atoms with E-state index in [4.69, 9.17) is 16.7 Å². The molecule has 23 heavy (non-hydrogen) atoms. The van der Waals surface area contributed by atoms with Crippen molar-refractivity contribution in [3.05, 3.63) is 23.0 Å². The lowest BCUT2D eigenvalue weighted by molar-refractivity contribution is -0.137. The van der Waals surface area contributed by atoms with Gasteiger partial charge in [0, 0.05) is 32.1 Å². The van der Waals surface area contributed by atoms with Gasteiger partial charge in [-0.25, -0.2) is 9.83 Å². The molecule has 2 saturated heterocycles. The molecule has 2 fully saturated rings. The third-order valence-electron chi connectivity index (χ3n) is 4.93. The van der Waals surface area contributed by atoms with Crippen molar-refractivity contribution in [3.63, 3.8) is 0 Å². The van der Waals surface area contributed by atoms with Crippen molar-refractivity contribution in [1.29, 1.82) is 0 Å². The van der Waals surface area contributed by atoms with Gasteiger partial charge in [-0.15, -0.1) is 0 Å². The van der Waals surface area contributed by atoms with Gasteiger partial charge in [-0.2, -0.15) is 0 Å². The number of aryl methyl sites for hydroxylation is 1. The van der Waals surface area contributed by atoms with E-state index in [9.17, 15) is 4.79 Å². The summed E-state index contributed by atoms with van der Waals surface area (Å²) < 4.78 is 0. The Hall–Kier alpha value is -2.29. The fourth-order valence-electron chi connectivity index (χ4n) is 3.42. The molecule has 2 aliphatic rings. The third kappa shape index (κ3) is 2.96. The van der Waals surface area contributed by atoms with E-state index in [0.717, 1.165) is 49.7 Å². The standard InChI is InChI=1S/C17H22N4O2/c1-11-8-14(20-6-5-13(10-20)9-15(22)23)19-17(16(11)18-3)21-7-4-12(21)2/h8,12-13H,4-7,9-10H2,1-2H3,(H,22,23). The van der Waals surface area contributed by atoms with Crippen LogP contribution in [0.1, 0.15) is 31.7 Å². The van der Waals surface area contributed by atoms with Crippen LogP contribution in [0.2, 0.25) is 0 Å². The molecule has 0 amide bonds. The van der Waals surface area contributed by atoms with Gasteiger partial charge in [0.15, 0.2) is 0 Å². The number of carbonyl (C=O) groups is 1. The van der Waals surface area contributed by atoms with Crippen LogP contribution in [0, 0.1) is 19.4 Å². The second-order valence-electron chi connectivity index (χ2n) is 6.61. The summed E-state index contributed by atoms with van der Waals surface area (Å²) in [5.41, 5.74) is 1.59. The summed E-state index contributed by atoms with van der Waals surface area (Å²) in [5.74, 6) is 1.10. The van der Waals surface area contributed by atoms with Crippen LogP contribution in [0.3, 0.4) is 0 Å². The molecule has 3 rings (SSSR count). The predicted octanol–water partition coefficient (Wildman–Crippen LogP) is 2.84. The quantitative estimate of drug-likeness (QED) is 0.866. The maximum Gasteiger partial charge on any atom is 0.303 e. The van der Waals surface area contributed by atoms with Gasteiger partial charge in [0.2, 0.25) is 5.69 Å². The number of hydrogen-bond acceptors (Lipinski definition) is 4. The molecule has 0 aromatic carbocycles. The summed E-state index contributed by atoms with van der Waals surface area (Å²) in [6.45, 7) is 14.1. The molecule has 1 aromatic heterocycles. The smallest absolute Gasteiger partial charge is 0.303 e. The van der Waals surface area contributed by atoms with Gasteiger partial charge >= 0.3 is 5.97 Å². The normalized spacial score (nSPS) is 23.5. The number of carboxylic acid groups (broad SMARTS) is 1. The Kier molecular flexibility index (Phi) is 4.12. The second kappa shape index (κ2) is 6.07. The maximum absolute atomic E-state index is 10.9. The van der Waals surface area contributed by atoms with Crippen LogP contribution >= 0.6 is 0 Å². The van der Waals surface area contributed by atoms with Gasteiger partial charge in [-0.3, -0.25) is 4.79 Å². The Bertz CT molecular complexity index is 667. The highest BCUT2D eigenvalue weighted by atomic mass is 16.4. The number of aliphatic carboxylic acids is 1. The fraction of sp³-hybridized carbons (Fsp3) is 0.588. The van der Waals surface area contributed by atoms with Gasteiger partial charge in [-0.1, -0.05) is 0 Å². The highest BCUT2D eigenvalue weighted by Gasteiger charge is 2.30. The average Bonchev–Trinajstić information content (AvgIpc) is 2.93. The van der Waals surface area contributed by atoms with Crippen molar-refractivity contribution in [2.24, 2.45) is 5.92 Å². The van der Waals surface area contributed by atoms with E-state index in [1.54, 1.807) is 0 Å². The molecule has 0 aliphatic carbocycles. The molecule has 0 radical (unpaired) electrons. The van der Waals surface area contributed by atoms with Crippen LogP contribution in [-0.2, 0) is 4.79 Å². The van der Waals surface area contributed by atoms with Gasteiger partial charge in [0.1, 0.15) is 11.6 Å². The number of carboxylic acids is 1. The second-order valence-corrected chi connectivity index (χ2v) is 6.61. The zero-order chi connectivity index (χ0) is 16.6. The van der Waals surface area contributed by atoms with Crippen molar-refractivity contribution < 1.29 is 9.90 Å². The number of rotatable bonds is 4. The zero-order valence-corrected chi connectivity index (χ0v) is 13.6. The fourth-order valence-corrected chi connectivity index (χ4v) is 3.42. The third-order valence-corrected chi connectivity index (χ3v) is 4.93. The minimum Gasteiger partial charge on any atom is -0.481 e. The van der Waals surface area contributed by atoms with Crippen molar-refractivity contribution in [1.82, 2.24) is 4.98 Å². The Morgan fingerprint density at radius 1 is 1.48 bits per heavy atom. The summed E-state index contributed by atoms with van der Waals surface area (Å²) in [6, 6.07) is 2.39. The van der Waals surface area contributed by atoms with E-state index in [1.807, 2.05) is 13.0 Å². The summed E-state index contributed by atoms with van der Waals surface area (Å²) >= 11 is 0. The summed E-state index contributed by atoms with van der Waals surface area (Å²) in [4.78, 5) is 23.7. The van der Waals surface area contributed by atoms with E-state index in [-0.39, 0.29) is 12.3 Å². The van der Waals surface area contributed by atoms with E-state index in [1.165, 1.54) is 0 Å². The Balaban J connectivity index is 1.86. The van der Waals surface area contributed by atoms with Crippen LogP contribution in [0.15, 0.2) is 6.07 Å². The predicted molar refractivity (Wildman–Crippen MR) is 89.2 cm³/mol. The molecule has 2 unspecified atom stereocenters. The number of hydrogen-bond donors (Lipinski definition) is 1. The first-order valence-electron chi connectivity index (χ1n) is 8.12. The molecule has 0 spiro atoms. The first kappa shape index (κ1) is 15.6. The van der Waals surface area contributed by atoms with Gasteiger partial charge in [0.05, 0.1) is 6.57 Å². The van der Waals surface area contributed by atoms with Crippen molar-refractivity contribution >= 4 is 23.3 Å². The monoisotopic (exact) mass is 314 g/mol. The summed E-state index contributed by atoms with van der Waals surface area (Å²) in [5, 5.41) is 8.95. The summed E-state index contributed by atoms with van der Waals surface area (Å²) in [7, 11) is 0. The van der Waals surface area contributed by atoms with Crippen LogP contribution < -0.4 is 9.80 Å². The molecule has 122 valence electrons. The van der Waals surface area contributed by atoms with Crippen molar-refractivity contribution in [3.8, 4) is 0 Å². The lowest BCUT2D eigenvalue weighted by Crippen LogP contribution is -2.46. The van der Waals surface area contributed by atoms with Crippen LogP contribution in [-0.4, -0.2) is 41.7 Å². The molecule has 1 N–H and O–H groups in total. The Labute approximate surface area is 136 Å². The maximum atomic E-state index is 10.9. The van der Waals surface area contributed by atoms with E-state index < -0.39 is 5.97 Å². The van der Waals surface area contributed by atoms with E-state index in [2.05, 4.69) is 21.6 Å². The average molecular weight is 314 g/mol. The lowest BCUT2D eigenvalue weighted by atomic mass is 10.0. The number of nitrogens with zero attached hydrogens (tertiary/aromatic N) is 4. The van der Waals surface area contributed by atoms with Crippen LogP contribution in [0.5, 0.6) is 0 Å². The SMILES string of the molecule is [C-]#[N+]c1c(C)cc(N2CCC(CC(=O)O)C2)nc1N1CCC1C. The largest absolute Gasteiger partial charge is 0.481 e. The van der Waals surface area contributed by atoms with Crippen molar-refractivity contribution in [2.75, 3.05) is 29.4 Å².